The summed E-state index contributed by atoms with van der Waals surface area (Å²) in [5.74, 6) is 0.213. The van der Waals surface area contributed by atoms with Crippen LogP contribution in [0.25, 0.3) is 0 Å². The lowest BCUT2D eigenvalue weighted by atomic mass is 10.1. The van der Waals surface area contributed by atoms with Gasteiger partial charge in [-0.1, -0.05) is 12.1 Å². The smallest absolute Gasteiger partial charge is 0.409 e. The summed E-state index contributed by atoms with van der Waals surface area (Å²) in [6.07, 6.45) is 2.97. The molecule has 1 saturated heterocycles. The molecule has 1 amide bonds. The van der Waals surface area contributed by atoms with E-state index in [1.54, 1.807) is 24.0 Å². The van der Waals surface area contributed by atoms with Crippen LogP contribution in [-0.4, -0.2) is 49.2 Å². The monoisotopic (exact) mass is 350 g/mol. The van der Waals surface area contributed by atoms with Crippen molar-refractivity contribution >= 4 is 12.1 Å². The molecule has 1 aromatic rings. The second kappa shape index (κ2) is 9.86. The number of carbonyl (C=O) groups excluding carboxylic acids is 1. The van der Waals surface area contributed by atoms with Crippen LogP contribution in [0, 0.1) is 5.82 Å². The van der Waals surface area contributed by atoms with Gasteiger partial charge in [0, 0.05) is 25.7 Å². The molecule has 1 aliphatic rings. The molecule has 1 aliphatic heterocycles. The van der Waals surface area contributed by atoms with Gasteiger partial charge in [0.15, 0.2) is 5.96 Å². The number of benzene rings is 1. The SMILES string of the molecule is CCOC(=O)N1CCC(NC(N)=NCCCc2cccc(F)c2)CC1. The Morgan fingerprint density at radius 3 is 2.88 bits per heavy atom. The average molecular weight is 350 g/mol. The molecule has 1 heterocycles. The van der Waals surface area contributed by atoms with Crippen LogP contribution in [-0.2, 0) is 11.2 Å². The summed E-state index contributed by atoms with van der Waals surface area (Å²) in [6.45, 7) is 4.10. The number of guanidine groups is 1. The third kappa shape index (κ3) is 6.60. The second-order valence-electron chi connectivity index (χ2n) is 6.11. The number of hydrogen-bond acceptors (Lipinski definition) is 3. The minimum absolute atomic E-state index is 0.212. The molecule has 6 nitrogen and oxygen atoms in total. The number of nitrogens with zero attached hydrogens (tertiary/aromatic N) is 2. The summed E-state index contributed by atoms with van der Waals surface area (Å²) in [6, 6.07) is 6.83. The van der Waals surface area contributed by atoms with Crippen molar-refractivity contribution in [3.63, 3.8) is 0 Å². The summed E-state index contributed by atoms with van der Waals surface area (Å²) < 4.78 is 18.1. The van der Waals surface area contributed by atoms with E-state index in [0.29, 0.717) is 32.2 Å². The highest BCUT2D eigenvalue weighted by Gasteiger charge is 2.23. The van der Waals surface area contributed by atoms with Crippen molar-refractivity contribution in [3.8, 4) is 0 Å². The van der Waals surface area contributed by atoms with Crippen LogP contribution in [0.2, 0.25) is 0 Å². The molecular weight excluding hydrogens is 323 g/mol. The van der Waals surface area contributed by atoms with E-state index >= 15 is 0 Å². The summed E-state index contributed by atoms with van der Waals surface area (Å²) in [5.41, 5.74) is 6.89. The fourth-order valence-electron chi connectivity index (χ4n) is 2.85. The summed E-state index contributed by atoms with van der Waals surface area (Å²) in [7, 11) is 0. The molecule has 0 aliphatic carbocycles. The molecule has 1 fully saturated rings. The molecule has 0 atom stereocenters. The predicted octanol–water partition coefficient (Wildman–Crippen LogP) is 2.28. The number of likely N-dealkylation sites (tertiary alicyclic amines) is 1. The zero-order chi connectivity index (χ0) is 18.1. The zero-order valence-electron chi connectivity index (χ0n) is 14.7. The Labute approximate surface area is 148 Å². The first-order valence-corrected chi connectivity index (χ1v) is 8.81. The third-order valence-corrected chi connectivity index (χ3v) is 4.17. The van der Waals surface area contributed by atoms with E-state index in [0.717, 1.165) is 31.2 Å². The van der Waals surface area contributed by atoms with Gasteiger partial charge in [-0.3, -0.25) is 4.99 Å². The lowest BCUT2D eigenvalue weighted by molar-refractivity contribution is 0.0963. The Morgan fingerprint density at radius 1 is 1.44 bits per heavy atom. The molecule has 2 rings (SSSR count). The molecule has 25 heavy (non-hydrogen) atoms. The molecule has 0 aromatic heterocycles. The number of amides is 1. The number of hydrogen-bond donors (Lipinski definition) is 2. The highest BCUT2D eigenvalue weighted by atomic mass is 19.1. The van der Waals surface area contributed by atoms with Gasteiger partial charge in [-0.2, -0.15) is 0 Å². The molecule has 0 spiro atoms. The lowest BCUT2D eigenvalue weighted by Crippen LogP contribution is -2.48. The minimum atomic E-state index is -0.250. The Morgan fingerprint density at radius 2 is 2.20 bits per heavy atom. The van der Waals surface area contributed by atoms with Crippen molar-refractivity contribution in [2.75, 3.05) is 26.2 Å². The second-order valence-corrected chi connectivity index (χ2v) is 6.11. The van der Waals surface area contributed by atoms with Crippen LogP contribution < -0.4 is 11.1 Å². The van der Waals surface area contributed by atoms with Crippen molar-refractivity contribution in [2.45, 2.75) is 38.6 Å². The number of piperidine rings is 1. The summed E-state index contributed by atoms with van der Waals surface area (Å²) in [5, 5.41) is 3.21. The van der Waals surface area contributed by atoms with E-state index in [-0.39, 0.29) is 18.0 Å². The number of rotatable bonds is 6. The van der Waals surface area contributed by atoms with E-state index in [1.165, 1.54) is 6.07 Å². The summed E-state index contributed by atoms with van der Waals surface area (Å²) in [4.78, 5) is 17.7. The highest BCUT2D eigenvalue weighted by molar-refractivity contribution is 5.78. The molecule has 0 unspecified atom stereocenters. The Bertz CT molecular complexity index is 586. The van der Waals surface area contributed by atoms with Gasteiger partial charge in [0.05, 0.1) is 6.61 Å². The van der Waals surface area contributed by atoms with E-state index in [9.17, 15) is 9.18 Å². The molecular formula is C18H27FN4O2. The first-order chi connectivity index (χ1) is 12.1. The van der Waals surface area contributed by atoms with Gasteiger partial charge < -0.3 is 20.7 Å². The van der Waals surface area contributed by atoms with Crippen LogP contribution in [0.3, 0.4) is 0 Å². The quantitative estimate of drug-likeness (QED) is 0.469. The van der Waals surface area contributed by atoms with Crippen LogP contribution in [0.1, 0.15) is 31.7 Å². The maximum absolute atomic E-state index is 13.1. The maximum Gasteiger partial charge on any atom is 0.409 e. The fraction of sp³-hybridized carbons (Fsp3) is 0.556. The predicted molar refractivity (Wildman–Crippen MR) is 96.0 cm³/mol. The number of aryl methyl sites for hydroxylation is 1. The topological polar surface area (TPSA) is 80.0 Å². The molecule has 0 bridgehead atoms. The van der Waals surface area contributed by atoms with Crippen molar-refractivity contribution in [3.05, 3.63) is 35.6 Å². The fourth-order valence-corrected chi connectivity index (χ4v) is 2.85. The van der Waals surface area contributed by atoms with Crippen LogP contribution >= 0.6 is 0 Å². The lowest BCUT2D eigenvalue weighted by Gasteiger charge is -2.31. The van der Waals surface area contributed by atoms with Crippen molar-refractivity contribution in [2.24, 2.45) is 10.7 Å². The molecule has 1 aromatic carbocycles. The van der Waals surface area contributed by atoms with Crippen LogP contribution in [0.15, 0.2) is 29.3 Å². The minimum Gasteiger partial charge on any atom is -0.450 e. The van der Waals surface area contributed by atoms with Gasteiger partial charge >= 0.3 is 6.09 Å². The molecule has 0 saturated carbocycles. The van der Waals surface area contributed by atoms with Crippen molar-refractivity contribution in [1.29, 1.82) is 0 Å². The van der Waals surface area contributed by atoms with Gasteiger partial charge in [-0.15, -0.1) is 0 Å². The molecule has 138 valence electrons. The van der Waals surface area contributed by atoms with Crippen molar-refractivity contribution in [1.82, 2.24) is 10.2 Å². The standard InChI is InChI=1S/C18H27FN4O2/c1-2-25-18(24)23-11-8-16(9-12-23)22-17(20)21-10-4-6-14-5-3-7-15(19)13-14/h3,5,7,13,16H,2,4,6,8-12H2,1H3,(H3,20,21,22). The van der Waals surface area contributed by atoms with Crippen LogP contribution in [0.4, 0.5) is 9.18 Å². The molecule has 0 radical (unpaired) electrons. The molecule has 7 heteroatoms. The van der Waals surface area contributed by atoms with Crippen molar-refractivity contribution < 1.29 is 13.9 Å². The Hall–Kier alpha value is -2.31. The largest absolute Gasteiger partial charge is 0.450 e. The first-order valence-electron chi connectivity index (χ1n) is 8.81. The number of ether oxygens (including phenoxy) is 1. The third-order valence-electron chi connectivity index (χ3n) is 4.17. The van der Waals surface area contributed by atoms with E-state index in [2.05, 4.69) is 10.3 Å². The van der Waals surface area contributed by atoms with E-state index in [4.69, 9.17) is 10.5 Å². The normalized spacial score (nSPS) is 15.9. The maximum atomic E-state index is 13.1. The highest BCUT2D eigenvalue weighted by Crippen LogP contribution is 2.11. The van der Waals surface area contributed by atoms with Gasteiger partial charge in [-0.05, 0) is 50.3 Å². The number of nitrogens with one attached hydrogen (secondary N) is 1. The van der Waals surface area contributed by atoms with Crippen LogP contribution in [0.5, 0.6) is 0 Å². The van der Waals surface area contributed by atoms with Gasteiger partial charge in [0.2, 0.25) is 0 Å². The summed E-state index contributed by atoms with van der Waals surface area (Å²) >= 11 is 0. The number of halogens is 1. The average Bonchev–Trinajstić information content (AvgIpc) is 2.60. The van der Waals surface area contributed by atoms with Gasteiger partial charge in [0.1, 0.15) is 5.82 Å². The van der Waals surface area contributed by atoms with Gasteiger partial charge in [-0.25, -0.2) is 9.18 Å². The van der Waals surface area contributed by atoms with Gasteiger partial charge in [0.25, 0.3) is 0 Å². The van der Waals surface area contributed by atoms with E-state index < -0.39 is 0 Å². The first kappa shape index (κ1) is 19.0. The number of carbonyl (C=O) groups is 1. The molecule has 3 N–H and O–H groups in total. The zero-order valence-corrected chi connectivity index (χ0v) is 14.7. The number of aliphatic imine (C=N–C) groups is 1. The Balaban J connectivity index is 1.65. The van der Waals surface area contributed by atoms with E-state index in [1.807, 2.05) is 6.07 Å². The number of nitrogens with two attached hydrogens (primary N) is 1. The Kier molecular flexibility index (Phi) is 7.50.